The third-order valence-electron chi connectivity index (χ3n) is 5.94. The number of sulfonamides is 1. The first kappa shape index (κ1) is 21.8. The first-order valence-corrected chi connectivity index (χ1v) is 11.9. The standard InChI is InChI=1S/C21H31N3O4S/c1-15-7-9-19(10-8-15)29(27,28)24-13-11-17(12-14-24)21(26)22-16(2)20(25)23-18-5-3-4-6-18/h7-10,16-18H,3-6,11-14H2,1-2H3,(H,22,26)(H,23,25)/t16-/m0/s1. The first-order chi connectivity index (χ1) is 13.8. The van der Waals surface area contributed by atoms with E-state index >= 15 is 0 Å². The second-order valence-electron chi connectivity index (χ2n) is 8.21. The Morgan fingerprint density at radius 1 is 1.03 bits per heavy atom. The average Bonchev–Trinajstić information content (AvgIpc) is 3.21. The molecule has 0 radical (unpaired) electrons. The molecular weight excluding hydrogens is 390 g/mol. The van der Waals surface area contributed by atoms with Crippen LogP contribution in [0.4, 0.5) is 0 Å². The summed E-state index contributed by atoms with van der Waals surface area (Å²) >= 11 is 0. The Morgan fingerprint density at radius 2 is 1.62 bits per heavy atom. The van der Waals surface area contributed by atoms with Crippen molar-refractivity contribution in [1.29, 1.82) is 0 Å². The second kappa shape index (κ2) is 9.26. The van der Waals surface area contributed by atoms with Gasteiger partial charge in [0.2, 0.25) is 21.8 Å². The zero-order chi connectivity index (χ0) is 21.0. The van der Waals surface area contributed by atoms with Crippen molar-refractivity contribution in [2.45, 2.75) is 69.4 Å². The van der Waals surface area contributed by atoms with E-state index in [0.717, 1.165) is 31.2 Å². The molecule has 29 heavy (non-hydrogen) atoms. The Labute approximate surface area is 173 Å². The molecule has 2 N–H and O–H groups in total. The number of carbonyl (C=O) groups is 2. The van der Waals surface area contributed by atoms with E-state index in [4.69, 9.17) is 0 Å². The topological polar surface area (TPSA) is 95.6 Å². The Bertz CT molecular complexity index is 824. The third-order valence-corrected chi connectivity index (χ3v) is 7.85. The van der Waals surface area contributed by atoms with Crippen LogP contribution in [0.2, 0.25) is 0 Å². The minimum Gasteiger partial charge on any atom is -0.352 e. The Balaban J connectivity index is 1.49. The zero-order valence-corrected chi connectivity index (χ0v) is 18.0. The smallest absolute Gasteiger partial charge is 0.243 e. The van der Waals surface area contributed by atoms with Crippen molar-refractivity contribution in [1.82, 2.24) is 14.9 Å². The third kappa shape index (κ3) is 5.36. The van der Waals surface area contributed by atoms with Gasteiger partial charge in [-0.3, -0.25) is 9.59 Å². The summed E-state index contributed by atoms with van der Waals surface area (Å²) in [6.07, 6.45) is 5.17. The lowest BCUT2D eigenvalue weighted by molar-refractivity contribution is -0.131. The quantitative estimate of drug-likeness (QED) is 0.734. The number of benzene rings is 1. The molecule has 2 fully saturated rings. The molecule has 160 valence electrons. The zero-order valence-electron chi connectivity index (χ0n) is 17.2. The van der Waals surface area contributed by atoms with Gasteiger partial charge in [-0.25, -0.2) is 8.42 Å². The van der Waals surface area contributed by atoms with E-state index in [1.165, 1.54) is 4.31 Å². The maximum Gasteiger partial charge on any atom is 0.243 e. The largest absolute Gasteiger partial charge is 0.352 e. The van der Waals surface area contributed by atoms with E-state index in [9.17, 15) is 18.0 Å². The van der Waals surface area contributed by atoms with E-state index in [-0.39, 0.29) is 28.7 Å². The molecule has 1 atom stereocenters. The van der Waals surface area contributed by atoms with Gasteiger partial charge in [-0.05, 0) is 51.7 Å². The molecule has 0 aromatic heterocycles. The predicted octanol–water partition coefficient (Wildman–Crippen LogP) is 1.96. The van der Waals surface area contributed by atoms with Crippen LogP contribution in [-0.4, -0.2) is 49.7 Å². The summed E-state index contributed by atoms with van der Waals surface area (Å²) in [4.78, 5) is 25.1. The van der Waals surface area contributed by atoms with Gasteiger partial charge in [-0.1, -0.05) is 30.5 Å². The van der Waals surface area contributed by atoms with Crippen molar-refractivity contribution in [3.8, 4) is 0 Å². The van der Waals surface area contributed by atoms with Crippen LogP contribution in [0.5, 0.6) is 0 Å². The number of piperidine rings is 1. The second-order valence-corrected chi connectivity index (χ2v) is 10.1. The van der Waals surface area contributed by atoms with Gasteiger partial charge < -0.3 is 10.6 Å². The number of amides is 2. The Morgan fingerprint density at radius 3 is 2.21 bits per heavy atom. The van der Waals surface area contributed by atoms with Crippen LogP contribution in [0, 0.1) is 12.8 Å². The van der Waals surface area contributed by atoms with E-state index in [0.29, 0.717) is 25.9 Å². The Hall–Kier alpha value is -1.93. The number of carbonyl (C=O) groups excluding carboxylic acids is 2. The van der Waals surface area contributed by atoms with Gasteiger partial charge in [0.25, 0.3) is 0 Å². The summed E-state index contributed by atoms with van der Waals surface area (Å²) < 4.78 is 27.0. The van der Waals surface area contributed by atoms with Crippen molar-refractivity contribution in [3.63, 3.8) is 0 Å². The molecule has 7 nitrogen and oxygen atoms in total. The summed E-state index contributed by atoms with van der Waals surface area (Å²) in [5.41, 5.74) is 1.01. The van der Waals surface area contributed by atoms with E-state index in [1.54, 1.807) is 31.2 Å². The van der Waals surface area contributed by atoms with Gasteiger partial charge in [0.05, 0.1) is 4.90 Å². The van der Waals surface area contributed by atoms with E-state index in [1.807, 2.05) is 6.92 Å². The minimum absolute atomic E-state index is 0.148. The van der Waals surface area contributed by atoms with Crippen LogP contribution in [0.25, 0.3) is 0 Å². The molecule has 3 rings (SSSR count). The number of aryl methyl sites for hydroxylation is 1. The molecule has 1 aromatic rings. The number of rotatable bonds is 6. The van der Waals surface area contributed by atoms with Crippen LogP contribution < -0.4 is 10.6 Å². The summed E-state index contributed by atoms with van der Waals surface area (Å²) in [7, 11) is -3.54. The summed E-state index contributed by atoms with van der Waals surface area (Å²) in [5, 5.41) is 5.79. The lowest BCUT2D eigenvalue weighted by Gasteiger charge is -2.31. The fraction of sp³-hybridized carbons (Fsp3) is 0.619. The molecule has 1 aliphatic heterocycles. The highest BCUT2D eigenvalue weighted by molar-refractivity contribution is 7.89. The molecule has 1 saturated heterocycles. The number of nitrogens with one attached hydrogen (secondary N) is 2. The van der Waals surface area contributed by atoms with E-state index < -0.39 is 16.1 Å². The summed E-state index contributed by atoms with van der Waals surface area (Å²) in [5.74, 6) is -0.600. The summed E-state index contributed by atoms with van der Waals surface area (Å²) in [6.45, 7) is 4.21. The highest BCUT2D eigenvalue weighted by Crippen LogP contribution is 2.24. The SMILES string of the molecule is Cc1ccc(S(=O)(=O)N2CCC(C(=O)N[C@@H](C)C(=O)NC3CCCC3)CC2)cc1. The summed E-state index contributed by atoms with van der Waals surface area (Å²) in [6, 6.07) is 6.44. The molecule has 1 saturated carbocycles. The number of hydrogen-bond donors (Lipinski definition) is 2. The fourth-order valence-corrected chi connectivity index (χ4v) is 5.48. The minimum atomic E-state index is -3.54. The van der Waals surface area contributed by atoms with E-state index in [2.05, 4.69) is 10.6 Å². The van der Waals surface area contributed by atoms with Crippen LogP contribution in [-0.2, 0) is 19.6 Å². The van der Waals surface area contributed by atoms with Crippen LogP contribution in [0.15, 0.2) is 29.2 Å². The molecule has 0 unspecified atom stereocenters. The van der Waals surface area contributed by atoms with Crippen LogP contribution in [0.3, 0.4) is 0 Å². The van der Waals surface area contributed by atoms with Gasteiger partial charge >= 0.3 is 0 Å². The number of nitrogens with zero attached hydrogens (tertiary/aromatic N) is 1. The molecule has 2 amide bonds. The molecular formula is C21H31N3O4S. The highest BCUT2D eigenvalue weighted by Gasteiger charge is 2.33. The molecule has 0 spiro atoms. The maximum absolute atomic E-state index is 12.8. The van der Waals surface area contributed by atoms with Crippen LogP contribution >= 0.6 is 0 Å². The number of hydrogen-bond acceptors (Lipinski definition) is 4. The van der Waals surface area contributed by atoms with Crippen molar-refractivity contribution >= 4 is 21.8 Å². The van der Waals surface area contributed by atoms with Crippen LogP contribution in [0.1, 0.15) is 51.0 Å². The Kier molecular flexibility index (Phi) is 6.95. The van der Waals surface area contributed by atoms with Gasteiger partial charge in [0.15, 0.2) is 0 Å². The average molecular weight is 422 g/mol. The predicted molar refractivity (Wildman–Crippen MR) is 111 cm³/mol. The molecule has 2 aliphatic rings. The monoisotopic (exact) mass is 421 g/mol. The lowest BCUT2D eigenvalue weighted by atomic mass is 9.97. The molecule has 1 aromatic carbocycles. The lowest BCUT2D eigenvalue weighted by Crippen LogP contribution is -2.50. The van der Waals surface area contributed by atoms with Gasteiger partial charge in [0.1, 0.15) is 6.04 Å². The molecule has 0 bridgehead atoms. The molecule has 1 heterocycles. The maximum atomic E-state index is 12.8. The van der Waals surface area contributed by atoms with Crippen molar-refractivity contribution in [2.75, 3.05) is 13.1 Å². The van der Waals surface area contributed by atoms with Crippen molar-refractivity contribution < 1.29 is 18.0 Å². The van der Waals surface area contributed by atoms with Crippen molar-refractivity contribution in [3.05, 3.63) is 29.8 Å². The molecule has 1 aliphatic carbocycles. The normalized spacial score (nSPS) is 20.3. The van der Waals surface area contributed by atoms with Gasteiger partial charge in [-0.2, -0.15) is 4.31 Å². The van der Waals surface area contributed by atoms with Gasteiger partial charge in [0, 0.05) is 25.0 Å². The molecule has 8 heteroatoms. The first-order valence-electron chi connectivity index (χ1n) is 10.4. The van der Waals surface area contributed by atoms with Gasteiger partial charge in [-0.15, -0.1) is 0 Å². The highest BCUT2D eigenvalue weighted by atomic mass is 32.2. The fourth-order valence-electron chi connectivity index (χ4n) is 4.01. The van der Waals surface area contributed by atoms with Crippen molar-refractivity contribution in [2.24, 2.45) is 5.92 Å².